The first-order valence-electron chi connectivity index (χ1n) is 6.58. The first kappa shape index (κ1) is 13.5. The van der Waals surface area contributed by atoms with E-state index in [1.165, 1.54) is 0 Å². The highest BCUT2D eigenvalue weighted by Crippen LogP contribution is 2.16. The number of benzene rings is 1. The average molecular weight is 260 g/mol. The number of ether oxygens (including phenoxy) is 1. The molecule has 1 aromatic carbocycles. The zero-order valence-electron chi connectivity index (χ0n) is 11.2. The molecule has 4 heteroatoms. The van der Waals surface area contributed by atoms with Gasteiger partial charge in [0.2, 0.25) is 0 Å². The van der Waals surface area contributed by atoms with Crippen molar-refractivity contribution in [3.8, 4) is 5.75 Å². The standard InChI is InChI=1S/C15H20N2O2/c1-2-18-14-6-3-5-13(11-14)17-9-8-16-12-15-7-4-10-19-15/h3-7,10-11,16-17H,2,8-9,12H2,1H3. The van der Waals surface area contributed by atoms with Crippen molar-refractivity contribution in [2.75, 3.05) is 25.0 Å². The van der Waals surface area contributed by atoms with Gasteiger partial charge in [-0.05, 0) is 31.2 Å². The van der Waals surface area contributed by atoms with Crippen LogP contribution in [0.4, 0.5) is 5.69 Å². The summed E-state index contributed by atoms with van der Waals surface area (Å²) in [4.78, 5) is 0. The van der Waals surface area contributed by atoms with Crippen molar-refractivity contribution in [1.29, 1.82) is 0 Å². The maximum absolute atomic E-state index is 5.45. The van der Waals surface area contributed by atoms with Crippen LogP contribution in [0.3, 0.4) is 0 Å². The highest BCUT2D eigenvalue weighted by molar-refractivity contribution is 5.48. The van der Waals surface area contributed by atoms with Gasteiger partial charge in [0.1, 0.15) is 11.5 Å². The van der Waals surface area contributed by atoms with Gasteiger partial charge in [-0.1, -0.05) is 6.07 Å². The Morgan fingerprint density at radius 1 is 1.16 bits per heavy atom. The van der Waals surface area contributed by atoms with E-state index in [1.807, 2.05) is 43.3 Å². The minimum atomic E-state index is 0.689. The molecule has 102 valence electrons. The van der Waals surface area contributed by atoms with E-state index in [0.29, 0.717) is 6.61 Å². The summed E-state index contributed by atoms with van der Waals surface area (Å²) in [6, 6.07) is 11.9. The van der Waals surface area contributed by atoms with Crippen LogP contribution in [0, 0.1) is 0 Å². The summed E-state index contributed by atoms with van der Waals surface area (Å²) in [5.74, 6) is 1.86. The van der Waals surface area contributed by atoms with Crippen molar-refractivity contribution < 1.29 is 9.15 Å². The van der Waals surface area contributed by atoms with Gasteiger partial charge in [-0.3, -0.25) is 0 Å². The Labute approximate surface area is 113 Å². The van der Waals surface area contributed by atoms with Crippen molar-refractivity contribution in [1.82, 2.24) is 5.32 Å². The minimum Gasteiger partial charge on any atom is -0.494 e. The molecule has 0 unspecified atom stereocenters. The van der Waals surface area contributed by atoms with E-state index < -0.39 is 0 Å². The second kappa shape index (κ2) is 7.48. The lowest BCUT2D eigenvalue weighted by atomic mass is 10.3. The minimum absolute atomic E-state index is 0.689. The van der Waals surface area contributed by atoms with Crippen molar-refractivity contribution in [3.05, 3.63) is 48.4 Å². The summed E-state index contributed by atoms with van der Waals surface area (Å²) in [6.45, 7) is 5.16. The summed E-state index contributed by atoms with van der Waals surface area (Å²) in [5.41, 5.74) is 1.07. The molecule has 0 aliphatic rings. The van der Waals surface area contributed by atoms with E-state index in [0.717, 1.165) is 36.8 Å². The Kier molecular flexibility index (Phi) is 5.31. The third-order valence-electron chi connectivity index (χ3n) is 2.66. The van der Waals surface area contributed by atoms with Crippen LogP contribution in [0.2, 0.25) is 0 Å². The second-order valence-corrected chi connectivity index (χ2v) is 4.14. The first-order valence-corrected chi connectivity index (χ1v) is 6.58. The van der Waals surface area contributed by atoms with Crippen molar-refractivity contribution in [2.45, 2.75) is 13.5 Å². The SMILES string of the molecule is CCOc1cccc(NCCNCc2ccco2)c1. The monoisotopic (exact) mass is 260 g/mol. The highest BCUT2D eigenvalue weighted by Gasteiger charge is 1.96. The normalized spacial score (nSPS) is 10.4. The third-order valence-corrected chi connectivity index (χ3v) is 2.66. The molecule has 0 saturated carbocycles. The number of furan rings is 1. The number of rotatable bonds is 8. The molecular formula is C15H20N2O2. The molecule has 2 N–H and O–H groups in total. The largest absolute Gasteiger partial charge is 0.494 e. The van der Waals surface area contributed by atoms with Crippen LogP contribution < -0.4 is 15.4 Å². The Morgan fingerprint density at radius 2 is 2.11 bits per heavy atom. The lowest BCUT2D eigenvalue weighted by Gasteiger charge is -2.09. The van der Waals surface area contributed by atoms with E-state index in [1.54, 1.807) is 6.26 Å². The van der Waals surface area contributed by atoms with E-state index in [9.17, 15) is 0 Å². The van der Waals surface area contributed by atoms with Crippen molar-refractivity contribution in [2.24, 2.45) is 0 Å². The van der Waals surface area contributed by atoms with Gasteiger partial charge in [0, 0.05) is 24.8 Å². The zero-order valence-corrected chi connectivity index (χ0v) is 11.2. The molecule has 2 rings (SSSR count). The summed E-state index contributed by atoms with van der Waals surface area (Å²) < 4.78 is 10.7. The maximum Gasteiger partial charge on any atom is 0.121 e. The van der Waals surface area contributed by atoms with Gasteiger partial charge in [-0.2, -0.15) is 0 Å². The molecule has 0 fully saturated rings. The Morgan fingerprint density at radius 3 is 2.89 bits per heavy atom. The molecule has 0 spiro atoms. The number of nitrogens with one attached hydrogen (secondary N) is 2. The fourth-order valence-electron chi connectivity index (χ4n) is 1.78. The predicted octanol–water partition coefficient (Wildman–Crippen LogP) is 2.88. The summed E-state index contributed by atoms with van der Waals surface area (Å²) in [5, 5.41) is 6.66. The molecule has 2 aromatic rings. The molecule has 1 aromatic heterocycles. The average Bonchev–Trinajstić information content (AvgIpc) is 2.92. The molecule has 0 aliphatic heterocycles. The molecule has 0 saturated heterocycles. The molecular weight excluding hydrogens is 240 g/mol. The van der Waals surface area contributed by atoms with Crippen LogP contribution in [-0.2, 0) is 6.54 Å². The topological polar surface area (TPSA) is 46.4 Å². The molecule has 0 radical (unpaired) electrons. The highest BCUT2D eigenvalue weighted by atomic mass is 16.5. The molecule has 0 amide bonds. The molecule has 1 heterocycles. The summed E-state index contributed by atoms with van der Waals surface area (Å²) in [7, 11) is 0. The van der Waals surface area contributed by atoms with Crippen LogP contribution in [0.5, 0.6) is 5.75 Å². The van der Waals surface area contributed by atoms with Gasteiger partial charge in [0.15, 0.2) is 0 Å². The fraction of sp³-hybridized carbons (Fsp3) is 0.333. The van der Waals surface area contributed by atoms with Gasteiger partial charge < -0.3 is 19.8 Å². The number of anilines is 1. The Bertz CT molecular complexity index is 469. The lowest BCUT2D eigenvalue weighted by Crippen LogP contribution is -2.21. The maximum atomic E-state index is 5.45. The summed E-state index contributed by atoms with van der Waals surface area (Å²) >= 11 is 0. The van der Waals surface area contributed by atoms with Crippen LogP contribution in [0.15, 0.2) is 47.1 Å². The molecule has 0 bridgehead atoms. The van der Waals surface area contributed by atoms with Crippen LogP contribution >= 0.6 is 0 Å². The van der Waals surface area contributed by atoms with Crippen molar-refractivity contribution >= 4 is 5.69 Å². The zero-order chi connectivity index (χ0) is 13.3. The van der Waals surface area contributed by atoms with Gasteiger partial charge in [-0.15, -0.1) is 0 Å². The van der Waals surface area contributed by atoms with Crippen molar-refractivity contribution in [3.63, 3.8) is 0 Å². The van der Waals surface area contributed by atoms with Gasteiger partial charge >= 0.3 is 0 Å². The summed E-state index contributed by atoms with van der Waals surface area (Å²) in [6.07, 6.45) is 1.69. The van der Waals surface area contributed by atoms with E-state index in [-0.39, 0.29) is 0 Å². The van der Waals surface area contributed by atoms with Crippen LogP contribution in [0.25, 0.3) is 0 Å². The Balaban J connectivity index is 1.66. The van der Waals surface area contributed by atoms with Gasteiger partial charge in [0.05, 0.1) is 19.4 Å². The molecule has 19 heavy (non-hydrogen) atoms. The lowest BCUT2D eigenvalue weighted by molar-refractivity contribution is 0.340. The first-order chi connectivity index (χ1) is 9.38. The van der Waals surface area contributed by atoms with Gasteiger partial charge in [0.25, 0.3) is 0 Å². The third kappa shape index (κ3) is 4.67. The van der Waals surface area contributed by atoms with E-state index in [4.69, 9.17) is 9.15 Å². The fourth-order valence-corrected chi connectivity index (χ4v) is 1.78. The molecule has 4 nitrogen and oxygen atoms in total. The smallest absolute Gasteiger partial charge is 0.121 e. The van der Waals surface area contributed by atoms with Crippen LogP contribution in [-0.4, -0.2) is 19.7 Å². The Hall–Kier alpha value is -1.94. The predicted molar refractivity (Wildman–Crippen MR) is 76.5 cm³/mol. The second-order valence-electron chi connectivity index (χ2n) is 4.14. The number of hydrogen-bond donors (Lipinski definition) is 2. The van der Waals surface area contributed by atoms with E-state index >= 15 is 0 Å². The quantitative estimate of drug-likeness (QED) is 0.716. The van der Waals surface area contributed by atoms with Gasteiger partial charge in [-0.25, -0.2) is 0 Å². The molecule has 0 atom stereocenters. The molecule has 0 aliphatic carbocycles. The van der Waals surface area contributed by atoms with Crippen LogP contribution in [0.1, 0.15) is 12.7 Å². The number of hydrogen-bond acceptors (Lipinski definition) is 4. The van der Waals surface area contributed by atoms with E-state index in [2.05, 4.69) is 10.6 Å².